The highest BCUT2D eigenvalue weighted by Crippen LogP contribution is 2.40. The number of benzene rings is 4. The number of nitrogens with zero attached hydrogens (tertiary/aromatic N) is 1. The lowest BCUT2D eigenvalue weighted by atomic mass is 9.99. The molecular weight excluding hydrogens is 508 g/mol. The highest BCUT2D eigenvalue weighted by molar-refractivity contribution is 5.99. The second-order valence-electron chi connectivity index (χ2n) is 11.2. The highest BCUT2D eigenvalue weighted by Gasteiger charge is 2.24. The molecule has 0 radical (unpaired) electrons. The number of amides is 1. The van der Waals surface area contributed by atoms with Crippen LogP contribution in [0.4, 0.5) is 0 Å². The van der Waals surface area contributed by atoms with Gasteiger partial charge < -0.3 is 15.0 Å². The van der Waals surface area contributed by atoms with E-state index in [2.05, 4.69) is 60.1 Å². The van der Waals surface area contributed by atoms with Crippen LogP contribution in [-0.4, -0.2) is 21.6 Å². The predicted octanol–water partition coefficient (Wildman–Crippen LogP) is 8.04. The topological polar surface area (TPSA) is 71.3 Å². The van der Waals surface area contributed by atoms with Crippen molar-refractivity contribution in [1.82, 2.24) is 9.88 Å². The van der Waals surface area contributed by atoms with E-state index in [0.717, 1.165) is 38.9 Å². The molecule has 0 aliphatic heterocycles. The van der Waals surface area contributed by atoms with Crippen LogP contribution in [0.2, 0.25) is 0 Å². The number of aromatic nitrogens is 1. The van der Waals surface area contributed by atoms with Gasteiger partial charge >= 0.3 is 5.97 Å². The van der Waals surface area contributed by atoms with Crippen molar-refractivity contribution in [3.8, 4) is 11.1 Å². The average Bonchev–Trinajstić information content (AvgIpc) is 3.82. The first-order valence-corrected chi connectivity index (χ1v) is 14.2. The number of carbonyl (C=O) groups is 2. The number of nitrogens with one attached hydrogen (secondary N) is 1. The summed E-state index contributed by atoms with van der Waals surface area (Å²) in [7, 11) is 0. The van der Waals surface area contributed by atoms with Crippen molar-refractivity contribution >= 4 is 22.8 Å². The summed E-state index contributed by atoms with van der Waals surface area (Å²) in [5.74, 6) is -0.319. The van der Waals surface area contributed by atoms with Crippen molar-refractivity contribution in [2.24, 2.45) is 0 Å². The van der Waals surface area contributed by atoms with Crippen LogP contribution in [0.3, 0.4) is 0 Å². The van der Waals surface area contributed by atoms with E-state index in [1.165, 1.54) is 18.4 Å². The number of hydrogen-bond acceptors (Lipinski definition) is 2. The van der Waals surface area contributed by atoms with Gasteiger partial charge in [-0.2, -0.15) is 0 Å². The van der Waals surface area contributed by atoms with Crippen LogP contribution in [0.15, 0.2) is 91.0 Å². The lowest BCUT2D eigenvalue weighted by Gasteiger charge is -2.16. The van der Waals surface area contributed by atoms with Crippen LogP contribution in [0.5, 0.6) is 0 Å². The zero-order valence-corrected chi connectivity index (χ0v) is 23.6. The summed E-state index contributed by atoms with van der Waals surface area (Å²) in [5.41, 5.74) is 9.56. The van der Waals surface area contributed by atoms with Gasteiger partial charge in [-0.05, 0) is 97.2 Å². The van der Waals surface area contributed by atoms with E-state index in [9.17, 15) is 14.7 Å². The Morgan fingerprint density at radius 2 is 1.68 bits per heavy atom. The van der Waals surface area contributed by atoms with Crippen LogP contribution in [0.25, 0.3) is 22.0 Å². The fraction of sp³-hybridized carbons (Fsp3) is 0.222. The Labute approximate surface area is 240 Å². The lowest BCUT2D eigenvalue weighted by molar-refractivity contribution is 0.0697. The van der Waals surface area contributed by atoms with Gasteiger partial charge in [0.1, 0.15) is 0 Å². The maximum Gasteiger partial charge on any atom is 0.336 e. The van der Waals surface area contributed by atoms with Gasteiger partial charge in [0, 0.05) is 28.7 Å². The number of aryl methyl sites for hydroxylation is 1. The first kappa shape index (κ1) is 26.6. The monoisotopic (exact) mass is 542 g/mol. The number of carboxylic acids is 1. The van der Waals surface area contributed by atoms with E-state index in [-0.39, 0.29) is 11.9 Å². The molecule has 6 rings (SSSR count). The molecule has 1 saturated carbocycles. The molecule has 4 aromatic carbocycles. The number of rotatable bonds is 8. The van der Waals surface area contributed by atoms with E-state index in [1.807, 2.05) is 49.4 Å². The summed E-state index contributed by atoms with van der Waals surface area (Å²) >= 11 is 0. The van der Waals surface area contributed by atoms with Crippen LogP contribution in [0.1, 0.15) is 80.4 Å². The number of carbonyl (C=O) groups excluding carboxylic acids is 1. The van der Waals surface area contributed by atoms with Gasteiger partial charge in [-0.3, -0.25) is 4.79 Å². The molecule has 1 aliphatic carbocycles. The van der Waals surface area contributed by atoms with Crippen molar-refractivity contribution < 1.29 is 14.7 Å². The maximum absolute atomic E-state index is 13.3. The predicted molar refractivity (Wildman–Crippen MR) is 164 cm³/mol. The number of carboxylic acid groups (broad SMARTS) is 1. The molecule has 5 nitrogen and oxygen atoms in total. The third kappa shape index (κ3) is 5.28. The molecule has 206 valence electrons. The molecule has 0 spiro atoms. The van der Waals surface area contributed by atoms with Gasteiger partial charge in [0.05, 0.1) is 11.6 Å². The molecule has 1 atom stereocenters. The van der Waals surface area contributed by atoms with Gasteiger partial charge in [-0.25, -0.2) is 4.79 Å². The Hall–Kier alpha value is -4.64. The fourth-order valence-electron chi connectivity index (χ4n) is 5.75. The minimum Gasteiger partial charge on any atom is -0.478 e. The molecule has 5 aromatic rings. The van der Waals surface area contributed by atoms with Crippen LogP contribution >= 0.6 is 0 Å². The van der Waals surface area contributed by atoms with Gasteiger partial charge in [0.25, 0.3) is 5.91 Å². The summed E-state index contributed by atoms with van der Waals surface area (Å²) in [4.78, 5) is 24.9. The molecule has 2 N–H and O–H groups in total. The summed E-state index contributed by atoms with van der Waals surface area (Å²) in [6, 6.07) is 29.6. The van der Waals surface area contributed by atoms with E-state index in [0.29, 0.717) is 29.2 Å². The second-order valence-corrected chi connectivity index (χ2v) is 11.2. The molecule has 0 bridgehead atoms. The van der Waals surface area contributed by atoms with Crippen LogP contribution < -0.4 is 5.32 Å². The molecule has 1 amide bonds. The summed E-state index contributed by atoms with van der Waals surface area (Å²) in [6.45, 7) is 6.94. The van der Waals surface area contributed by atoms with Gasteiger partial charge in [-0.1, -0.05) is 66.7 Å². The first-order valence-electron chi connectivity index (χ1n) is 14.2. The zero-order valence-electron chi connectivity index (χ0n) is 23.6. The molecule has 1 aliphatic rings. The number of fused-ring (bicyclic) bond motifs is 1. The SMILES string of the molecule is Cc1c(C)n(Cc2ccc(-c3ccccc3C(=O)O)cc2)c2ccc(C(=O)N[C@@H](C)c3cccc(C4CC4)c3)cc12. The number of aromatic carboxylic acids is 1. The van der Waals surface area contributed by atoms with Gasteiger partial charge in [-0.15, -0.1) is 0 Å². The average molecular weight is 543 g/mol. The molecule has 0 saturated heterocycles. The fourth-order valence-corrected chi connectivity index (χ4v) is 5.75. The number of hydrogen-bond donors (Lipinski definition) is 2. The summed E-state index contributed by atoms with van der Waals surface area (Å²) in [5, 5.41) is 13.8. The third-order valence-corrected chi connectivity index (χ3v) is 8.47. The quantitative estimate of drug-likeness (QED) is 0.208. The Kier molecular flexibility index (Phi) is 6.96. The van der Waals surface area contributed by atoms with Crippen molar-refractivity contribution in [2.45, 2.75) is 52.1 Å². The zero-order chi connectivity index (χ0) is 28.7. The lowest BCUT2D eigenvalue weighted by Crippen LogP contribution is -2.26. The van der Waals surface area contributed by atoms with E-state index in [4.69, 9.17) is 0 Å². The summed E-state index contributed by atoms with van der Waals surface area (Å²) in [6.07, 6.45) is 2.52. The van der Waals surface area contributed by atoms with Crippen LogP contribution in [0, 0.1) is 13.8 Å². The van der Waals surface area contributed by atoms with Gasteiger partial charge in [0.2, 0.25) is 0 Å². The standard InChI is InChI=1S/C36H34N2O3/c1-22-24(3)38(21-25-11-13-27(14-12-25)31-9-4-5-10-32(31)36(40)41)34-18-17-30(20-33(22)34)35(39)37-23(2)28-7-6-8-29(19-28)26-15-16-26/h4-14,17-20,23,26H,15-16,21H2,1-3H3,(H,37,39)(H,40,41)/t23-/m0/s1. The normalized spacial score (nSPS) is 13.7. The molecule has 1 heterocycles. The Morgan fingerprint density at radius 3 is 2.41 bits per heavy atom. The minimum absolute atomic E-state index is 0.0711. The highest BCUT2D eigenvalue weighted by atomic mass is 16.4. The van der Waals surface area contributed by atoms with E-state index >= 15 is 0 Å². The first-order chi connectivity index (χ1) is 19.8. The third-order valence-electron chi connectivity index (χ3n) is 8.47. The summed E-state index contributed by atoms with van der Waals surface area (Å²) < 4.78 is 2.28. The largest absolute Gasteiger partial charge is 0.478 e. The Bertz CT molecular complexity index is 1780. The minimum atomic E-state index is -0.931. The second kappa shape index (κ2) is 10.7. The molecular formula is C36H34N2O3. The molecule has 41 heavy (non-hydrogen) atoms. The van der Waals surface area contributed by atoms with Crippen molar-refractivity contribution in [2.75, 3.05) is 0 Å². The van der Waals surface area contributed by atoms with Crippen molar-refractivity contribution in [3.05, 3.63) is 130 Å². The molecule has 0 unspecified atom stereocenters. The van der Waals surface area contributed by atoms with Crippen molar-refractivity contribution in [1.29, 1.82) is 0 Å². The maximum atomic E-state index is 13.3. The molecule has 1 aromatic heterocycles. The van der Waals surface area contributed by atoms with Gasteiger partial charge in [0.15, 0.2) is 0 Å². The smallest absolute Gasteiger partial charge is 0.336 e. The van der Waals surface area contributed by atoms with E-state index < -0.39 is 5.97 Å². The Morgan fingerprint density at radius 1 is 0.927 bits per heavy atom. The molecule has 5 heteroatoms. The van der Waals surface area contributed by atoms with Crippen LogP contribution in [-0.2, 0) is 6.54 Å². The molecule has 1 fully saturated rings. The van der Waals surface area contributed by atoms with Crippen molar-refractivity contribution in [3.63, 3.8) is 0 Å². The Balaban J connectivity index is 1.22. The van der Waals surface area contributed by atoms with E-state index in [1.54, 1.807) is 12.1 Å².